The zero-order chi connectivity index (χ0) is 5.98. The molecule has 0 aromatic heterocycles. The Morgan fingerprint density at radius 1 is 1.62 bits per heavy atom. The van der Waals surface area contributed by atoms with Gasteiger partial charge in [0.1, 0.15) is 0 Å². The molecule has 1 aliphatic rings. The van der Waals surface area contributed by atoms with Gasteiger partial charge in [0.05, 0.1) is 12.7 Å². The van der Waals surface area contributed by atoms with E-state index in [1.807, 2.05) is 12.2 Å². The second-order valence-corrected chi connectivity index (χ2v) is 2.08. The monoisotopic (exact) mass is 114 g/mol. The van der Waals surface area contributed by atoms with Crippen molar-refractivity contribution < 1.29 is 10.2 Å². The van der Waals surface area contributed by atoms with Crippen molar-refractivity contribution in [1.82, 2.24) is 0 Å². The maximum Gasteiger partial charge on any atom is 0.0659 e. The Kier molecular flexibility index (Phi) is 1.65. The highest BCUT2D eigenvalue weighted by molar-refractivity contribution is 5.01. The van der Waals surface area contributed by atoms with Gasteiger partial charge in [-0.05, 0) is 6.42 Å². The molecule has 0 amide bonds. The second-order valence-electron chi connectivity index (χ2n) is 2.08. The van der Waals surface area contributed by atoms with Crippen LogP contribution in [-0.4, -0.2) is 22.9 Å². The molecule has 0 fully saturated rings. The van der Waals surface area contributed by atoms with Crippen molar-refractivity contribution in [2.45, 2.75) is 12.5 Å². The first-order valence-electron chi connectivity index (χ1n) is 2.80. The SMILES string of the molecule is OCC1C=CCC1O. The number of aliphatic hydroxyl groups excluding tert-OH is 2. The summed E-state index contributed by atoms with van der Waals surface area (Å²) in [4.78, 5) is 0. The Bertz CT molecular complexity index is 98.7. The standard InChI is InChI=1S/C6H10O2/c7-4-5-2-1-3-6(5)8/h1-2,5-8H,3-4H2. The Morgan fingerprint density at radius 2 is 2.38 bits per heavy atom. The average molecular weight is 114 g/mol. The fourth-order valence-electron chi connectivity index (χ4n) is 0.878. The van der Waals surface area contributed by atoms with E-state index in [9.17, 15) is 0 Å². The molecule has 1 aliphatic carbocycles. The molecular weight excluding hydrogens is 104 g/mol. The van der Waals surface area contributed by atoms with Gasteiger partial charge in [-0.2, -0.15) is 0 Å². The van der Waals surface area contributed by atoms with Crippen molar-refractivity contribution >= 4 is 0 Å². The van der Waals surface area contributed by atoms with Crippen LogP contribution < -0.4 is 0 Å². The quantitative estimate of drug-likeness (QED) is 0.468. The molecule has 0 aliphatic heterocycles. The molecule has 2 nitrogen and oxygen atoms in total. The minimum atomic E-state index is -0.333. The van der Waals surface area contributed by atoms with E-state index in [0.29, 0.717) is 6.42 Å². The molecule has 0 aromatic rings. The molecular formula is C6H10O2. The Labute approximate surface area is 48.5 Å². The summed E-state index contributed by atoms with van der Waals surface area (Å²) >= 11 is 0. The summed E-state index contributed by atoms with van der Waals surface area (Å²) in [5.41, 5.74) is 0. The van der Waals surface area contributed by atoms with Gasteiger partial charge in [0.2, 0.25) is 0 Å². The lowest BCUT2D eigenvalue weighted by molar-refractivity contribution is 0.104. The van der Waals surface area contributed by atoms with Gasteiger partial charge in [-0.1, -0.05) is 12.2 Å². The lowest BCUT2D eigenvalue weighted by Crippen LogP contribution is -2.16. The Morgan fingerprint density at radius 3 is 2.62 bits per heavy atom. The summed E-state index contributed by atoms with van der Waals surface area (Å²) in [6, 6.07) is 0. The van der Waals surface area contributed by atoms with Gasteiger partial charge < -0.3 is 10.2 Å². The zero-order valence-corrected chi connectivity index (χ0v) is 4.62. The van der Waals surface area contributed by atoms with E-state index in [1.54, 1.807) is 0 Å². The van der Waals surface area contributed by atoms with Gasteiger partial charge in [0, 0.05) is 5.92 Å². The van der Waals surface area contributed by atoms with Crippen LogP contribution in [0, 0.1) is 5.92 Å². The Hall–Kier alpha value is -0.340. The molecule has 0 aromatic carbocycles. The largest absolute Gasteiger partial charge is 0.396 e. The van der Waals surface area contributed by atoms with E-state index in [-0.39, 0.29) is 18.6 Å². The van der Waals surface area contributed by atoms with Crippen LogP contribution in [0.1, 0.15) is 6.42 Å². The third kappa shape index (κ3) is 0.904. The molecule has 2 atom stereocenters. The van der Waals surface area contributed by atoms with Crippen LogP contribution in [0.3, 0.4) is 0 Å². The lowest BCUT2D eigenvalue weighted by atomic mass is 10.1. The number of rotatable bonds is 1. The molecule has 1 rings (SSSR count). The fourth-order valence-corrected chi connectivity index (χ4v) is 0.878. The van der Waals surface area contributed by atoms with Crippen LogP contribution in [0.5, 0.6) is 0 Å². The van der Waals surface area contributed by atoms with Gasteiger partial charge in [0.25, 0.3) is 0 Å². The molecule has 0 heterocycles. The molecule has 2 heteroatoms. The minimum Gasteiger partial charge on any atom is -0.396 e. The molecule has 0 saturated carbocycles. The first-order valence-corrected chi connectivity index (χ1v) is 2.80. The van der Waals surface area contributed by atoms with Crippen LogP contribution in [0.25, 0.3) is 0 Å². The topological polar surface area (TPSA) is 40.5 Å². The summed E-state index contributed by atoms with van der Waals surface area (Å²) in [6.45, 7) is 0.0671. The van der Waals surface area contributed by atoms with E-state index in [4.69, 9.17) is 10.2 Å². The number of aliphatic hydroxyl groups is 2. The lowest BCUT2D eigenvalue weighted by Gasteiger charge is -2.08. The number of hydrogen-bond donors (Lipinski definition) is 2. The summed E-state index contributed by atoms with van der Waals surface area (Å²) in [7, 11) is 0. The van der Waals surface area contributed by atoms with Crippen molar-refractivity contribution in [1.29, 1.82) is 0 Å². The van der Waals surface area contributed by atoms with Gasteiger partial charge >= 0.3 is 0 Å². The molecule has 2 N–H and O–H groups in total. The van der Waals surface area contributed by atoms with Gasteiger partial charge in [-0.3, -0.25) is 0 Å². The predicted molar refractivity (Wildman–Crippen MR) is 30.3 cm³/mol. The highest BCUT2D eigenvalue weighted by Crippen LogP contribution is 2.16. The van der Waals surface area contributed by atoms with E-state index < -0.39 is 0 Å². The van der Waals surface area contributed by atoms with Crippen molar-refractivity contribution in [2.75, 3.05) is 6.61 Å². The normalized spacial score (nSPS) is 36.2. The van der Waals surface area contributed by atoms with Gasteiger partial charge in [0.15, 0.2) is 0 Å². The van der Waals surface area contributed by atoms with Crippen molar-refractivity contribution in [3.8, 4) is 0 Å². The molecule has 0 saturated heterocycles. The smallest absolute Gasteiger partial charge is 0.0659 e. The van der Waals surface area contributed by atoms with Crippen LogP contribution in [-0.2, 0) is 0 Å². The van der Waals surface area contributed by atoms with Gasteiger partial charge in [-0.25, -0.2) is 0 Å². The maximum atomic E-state index is 8.97. The zero-order valence-electron chi connectivity index (χ0n) is 4.62. The number of hydrogen-bond acceptors (Lipinski definition) is 2. The van der Waals surface area contributed by atoms with Crippen LogP contribution in [0.2, 0.25) is 0 Å². The van der Waals surface area contributed by atoms with Crippen molar-refractivity contribution in [3.63, 3.8) is 0 Å². The van der Waals surface area contributed by atoms with Gasteiger partial charge in [-0.15, -0.1) is 0 Å². The van der Waals surface area contributed by atoms with E-state index >= 15 is 0 Å². The van der Waals surface area contributed by atoms with E-state index in [2.05, 4.69) is 0 Å². The molecule has 0 bridgehead atoms. The summed E-state index contributed by atoms with van der Waals surface area (Å²) in [5, 5.41) is 17.5. The maximum absolute atomic E-state index is 8.97. The first-order chi connectivity index (χ1) is 3.84. The third-order valence-electron chi connectivity index (χ3n) is 1.47. The summed E-state index contributed by atoms with van der Waals surface area (Å²) in [5.74, 6) is -0.00463. The van der Waals surface area contributed by atoms with E-state index in [1.165, 1.54) is 0 Å². The van der Waals surface area contributed by atoms with Crippen LogP contribution in [0.4, 0.5) is 0 Å². The molecule has 0 radical (unpaired) electrons. The second kappa shape index (κ2) is 2.29. The first kappa shape index (κ1) is 5.79. The van der Waals surface area contributed by atoms with Crippen LogP contribution >= 0.6 is 0 Å². The van der Waals surface area contributed by atoms with Crippen molar-refractivity contribution in [3.05, 3.63) is 12.2 Å². The predicted octanol–water partition coefficient (Wildman–Crippen LogP) is -0.0843. The molecule has 0 spiro atoms. The molecule has 8 heavy (non-hydrogen) atoms. The summed E-state index contributed by atoms with van der Waals surface area (Å²) in [6.07, 6.45) is 4.11. The van der Waals surface area contributed by atoms with Crippen molar-refractivity contribution in [2.24, 2.45) is 5.92 Å². The average Bonchev–Trinajstić information content (AvgIpc) is 2.14. The van der Waals surface area contributed by atoms with E-state index in [0.717, 1.165) is 0 Å². The van der Waals surface area contributed by atoms with Crippen LogP contribution in [0.15, 0.2) is 12.2 Å². The highest BCUT2D eigenvalue weighted by Gasteiger charge is 2.18. The Balaban J connectivity index is 2.41. The third-order valence-corrected chi connectivity index (χ3v) is 1.47. The highest BCUT2D eigenvalue weighted by atomic mass is 16.3. The summed E-state index contributed by atoms with van der Waals surface area (Å²) < 4.78 is 0. The fraction of sp³-hybridized carbons (Fsp3) is 0.667. The molecule has 2 unspecified atom stereocenters. The minimum absolute atomic E-state index is 0.00463. The molecule has 46 valence electrons.